The summed E-state index contributed by atoms with van der Waals surface area (Å²) in [5, 5.41) is 44.8. The van der Waals surface area contributed by atoms with Crippen LogP contribution >= 0.6 is 0 Å². The molecule has 5 N–H and O–H groups in total. The Balaban J connectivity index is 1.32. The van der Waals surface area contributed by atoms with Crippen LogP contribution in [0.4, 0.5) is 0 Å². The fraction of sp³-hybridized carbons (Fsp3) is 1.00. The van der Waals surface area contributed by atoms with Crippen LogP contribution in [0, 0.1) is 46.3 Å². The van der Waals surface area contributed by atoms with Gasteiger partial charge in [-0.1, -0.05) is 27.7 Å². The normalized spacial score (nSPS) is 60.2. The van der Waals surface area contributed by atoms with Gasteiger partial charge in [0.05, 0.1) is 18.8 Å². The Hall–Kier alpha value is -0.370. The van der Waals surface area contributed by atoms with E-state index in [2.05, 4.69) is 20.8 Å². The summed E-state index contributed by atoms with van der Waals surface area (Å²) in [6, 6.07) is 0. The van der Waals surface area contributed by atoms with Gasteiger partial charge >= 0.3 is 10.4 Å². The van der Waals surface area contributed by atoms with Gasteiger partial charge in [-0.15, -0.1) is 0 Å². The Kier molecular flexibility index (Phi) is 6.27. The van der Waals surface area contributed by atoms with Crippen LogP contribution in [0.1, 0.15) is 72.6 Å². The average molecular weight is 561 g/mol. The lowest BCUT2D eigenvalue weighted by atomic mass is 9.41. The highest BCUT2D eigenvalue weighted by atomic mass is 32.3. The maximum absolute atomic E-state index is 12.0. The lowest BCUT2D eigenvalue weighted by Gasteiger charge is -2.67. The highest BCUT2D eigenvalue weighted by Gasteiger charge is 2.75. The Bertz CT molecular complexity index is 1060. The minimum Gasteiger partial charge on any atom is -0.390 e. The molecule has 0 amide bonds. The van der Waals surface area contributed by atoms with Crippen molar-refractivity contribution in [3.8, 4) is 0 Å². The first-order valence-electron chi connectivity index (χ1n) is 14.3. The standard InChI is InChI=1S/C27H44O10S/c1-13-5-10-27(35-12-13)14(2)19-18(36-27)11-17-15-6-9-26(31)23(37-38(32,33)34)21(29)20(28)22(30)25(26,4)16(15)7-8-24(17,19)3/h13-23,28-31H,5-12H2,1-4H3,(H,32,33,34). The van der Waals surface area contributed by atoms with Crippen LogP contribution in [0.25, 0.3) is 0 Å². The molecule has 0 aromatic carbocycles. The molecule has 4 aliphatic carbocycles. The third-order valence-corrected chi connectivity index (χ3v) is 13.0. The summed E-state index contributed by atoms with van der Waals surface area (Å²) in [6.45, 7) is 9.21. The van der Waals surface area contributed by atoms with Crippen LogP contribution in [0.2, 0.25) is 0 Å². The molecule has 0 aromatic heterocycles. The molecule has 2 aliphatic heterocycles. The van der Waals surface area contributed by atoms with E-state index >= 15 is 0 Å². The van der Waals surface area contributed by atoms with E-state index in [0.717, 1.165) is 25.7 Å². The summed E-state index contributed by atoms with van der Waals surface area (Å²) < 4.78 is 50.7. The first-order chi connectivity index (χ1) is 17.6. The third kappa shape index (κ3) is 3.49. The van der Waals surface area contributed by atoms with Gasteiger partial charge in [-0.3, -0.25) is 4.55 Å². The maximum Gasteiger partial charge on any atom is 0.397 e. The average Bonchev–Trinajstić information content (AvgIpc) is 3.29. The van der Waals surface area contributed by atoms with E-state index in [1.807, 2.05) is 0 Å². The first kappa shape index (κ1) is 27.8. The zero-order valence-electron chi connectivity index (χ0n) is 22.7. The van der Waals surface area contributed by atoms with Gasteiger partial charge in [-0.05, 0) is 73.5 Å². The van der Waals surface area contributed by atoms with Crippen molar-refractivity contribution in [1.82, 2.24) is 0 Å². The van der Waals surface area contributed by atoms with Crippen LogP contribution in [0.5, 0.6) is 0 Å². The lowest BCUT2D eigenvalue weighted by molar-refractivity contribution is -0.320. The summed E-state index contributed by atoms with van der Waals surface area (Å²) in [6.07, 6.45) is -1.90. The van der Waals surface area contributed by atoms with Crippen molar-refractivity contribution < 1.29 is 47.1 Å². The second-order valence-electron chi connectivity index (χ2n) is 14.0. The number of rotatable bonds is 2. The summed E-state index contributed by atoms with van der Waals surface area (Å²) >= 11 is 0. The summed E-state index contributed by atoms with van der Waals surface area (Å²) in [7, 11) is -5.04. The van der Waals surface area contributed by atoms with Crippen LogP contribution in [-0.2, 0) is 24.1 Å². The van der Waals surface area contributed by atoms with Crippen LogP contribution in [-0.4, -0.2) is 81.9 Å². The molecule has 0 bridgehead atoms. The molecule has 1 spiro atoms. The largest absolute Gasteiger partial charge is 0.397 e. The minimum atomic E-state index is -5.04. The Labute approximate surface area is 225 Å². The van der Waals surface area contributed by atoms with Crippen LogP contribution in [0.3, 0.4) is 0 Å². The zero-order chi connectivity index (χ0) is 27.6. The predicted molar refractivity (Wildman–Crippen MR) is 134 cm³/mol. The van der Waals surface area contributed by atoms with E-state index in [0.29, 0.717) is 31.3 Å². The van der Waals surface area contributed by atoms with E-state index in [-0.39, 0.29) is 41.6 Å². The quantitative estimate of drug-likeness (QED) is 0.314. The van der Waals surface area contributed by atoms with Crippen molar-refractivity contribution in [3.05, 3.63) is 0 Å². The summed E-state index contributed by atoms with van der Waals surface area (Å²) in [5.41, 5.74) is -3.35. The number of ether oxygens (including phenoxy) is 2. The molecule has 2 saturated heterocycles. The van der Waals surface area contributed by atoms with Crippen LogP contribution in [0.15, 0.2) is 0 Å². The Morgan fingerprint density at radius 2 is 1.66 bits per heavy atom. The molecule has 0 aromatic rings. The molecule has 15 unspecified atom stereocenters. The molecular weight excluding hydrogens is 516 g/mol. The zero-order valence-corrected chi connectivity index (χ0v) is 23.5. The maximum atomic E-state index is 12.0. The molecule has 6 fully saturated rings. The van der Waals surface area contributed by atoms with Gasteiger partial charge < -0.3 is 29.9 Å². The number of fused-ring (bicyclic) bond motifs is 7. The number of hydrogen-bond acceptors (Lipinski definition) is 9. The summed E-state index contributed by atoms with van der Waals surface area (Å²) in [5.74, 6) is 0.693. The minimum absolute atomic E-state index is 0.0188. The lowest BCUT2D eigenvalue weighted by Crippen LogP contribution is -2.78. The molecule has 38 heavy (non-hydrogen) atoms. The number of aliphatic hydroxyl groups excluding tert-OH is 3. The Morgan fingerprint density at radius 3 is 2.29 bits per heavy atom. The fourth-order valence-corrected chi connectivity index (χ4v) is 11.2. The van der Waals surface area contributed by atoms with E-state index in [1.165, 1.54) is 0 Å². The van der Waals surface area contributed by atoms with Crippen molar-refractivity contribution in [2.75, 3.05) is 6.61 Å². The molecule has 11 heteroatoms. The smallest absolute Gasteiger partial charge is 0.390 e. The van der Waals surface area contributed by atoms with Gasteiger partial charge in [0, 0.05) is 17.8 Å². The topological polar surface area (TPSA) is 163 Å². The monoisotopic (exact) mass is 560 g/mol. The molecule has 2 heterocycles. The SMILES string of the molecule is CC1CCC2(OC1)OC1CC3C4CCC5(O)C(OS(=O)(=O)O)C(O)C(O)C(O)C5(C)C4CCC3(C)C1C2C. The molecule has 6 rings (SSSR count). The Morgan fingerprint density at radius 1 is 0.947 bits per heavy atom. The fourth-order valence-electron chi connectivity index (χ4n) is 10.6. The number of aliphatic hydroxyl groups is 4. The van der Waals surface area contributed by atoms with Crippen molar-refractivity contribution in [3.63, 3.8) is 0 Å². The van der Waals surface area contributed by atoms with Gasteiger partial charge in [0.1, 0.15) is 23.9 Å². The van der Waals surface area contributed by atoms with Gasteiger partial charge in [0.15, 0.2) is 5.79 Å². The van der Waals surface area contributed by atoms with Crippen molar-refractivity contribution in [2.45, 2.75) is 115 Å². The third-order valence-electron chi connectivity index (χ3n) is 12.6. The highest BCUT2D eigenvalue weighted by Crippen LogP contribution is 2.72. The van der Waals surface area contributed by atoms with E-state index in [9.17, 15) is 33.4 Å². The predicted octanol–water partition coefficient (Wildman–Crippen LogP) is 1.65. The molecule has 0 radical (unpaired) electrons. The number of hydrogen-bond donors (Lipinski definition) is 5. The van der Waals surface area contributed by atoms with Gasteiger partial charge in [-0.2, -0.15) is 8.42 Å². The first-order valence-corrected chi connectivity index (χ1v) is 15.7. The van der Waals surface area contributed by atoms with E-state index in [1.54, 1.807) is 6.92 Å². The molecular formula is C27H44O10S. The van der Waals surface area contributed by atoms with E-state index in [4.69, 9.17) is 13.7 Å². The van der Waals surface area contributed by atoms with Crippen molar-refractivity contribution >= 4 is 10.4 Å². The molecule has 10 nitrogen and oxygen atoms in total. The molecule has 6 aliphatic rings. The molecule has 4 saturated carbocycles. The molecule has 15 atom stereocenters. The second kappa shape index (κ2) is 8.58. The van der Waals surface area contributed by atoms with Gasteiger partial charge in [0.2, 0.25) is 0 Å². The van der Waals surface area contributed by atoms with Gasteiger partial charge in [0.25, 0.3) is 0 Å². The van der Waals surface area contributed by atoms with Crippen LogP contribution < -0.4 is 0 Å². The summed E-state index contributed by atoms with van der Waals surface area (Å²) in [4.78, 5) is 0. The van der Waals surface area contributed by atoms with E-state index < -0.39 is 51.6 Å². The van der Waals surface area contributed by atoms with Crippen molar-refractivity contribution in [2.24, 2.45) is 46.3 Å². The second-order valence-corrected chi connectivity index (χ2v) is 15.1. The van der Waals surface area contributed by atoms with Gasteiger partial charge in [-0.25, -0.2) is 4.18 Å². The molecule has 218 valence electrons. The van der Waals surface area contributed by atoms with Crippen molar-refractivity contribution in [1.29, 1.82) is 0 Å². The highest BCUT2D eigenvalue weighted by molar-refractivity contribution is 7.80.